The van der Waals surface area contributed by atoms with Crippen LogP contribution in [0.15, 0.2) is 5.16 Å². The summed E-state index contributed by atoms with van der Waals surface area (Å²) in [6.07, 6.45) is 2.64. The molecule has 1 heterocycles. The van der Waals surface area contributed by atoms with Crippen LogP contribution in [-0.2, 0) is 0 Å². The molecule has 4 N–H and O–H groups in total. The summed E-state index contributed by atoms with van der Waals surface area (Å²) in [5.41, 5.74) is 10.9. The maximum atomic E-state index is 5.43. The summed E-state index contributed by atoms with van der Waals surface area (Å²) in [6, 6.07) is 0. The molecule has 1 saturated carbocycles. The molecule has 0 amide bonds. The molecule has 5 nitrogen and oxygen atoms in total. The van der Waals surface area contributed by atoms with E-state index in [1.807, 2.05) is 0 Å². The van der Waals surface area contributed by atoms with Crippen LogP contribution >= 0.6 is 11.8 Å². The molecule has 70 valence electrons. The molecule has 0 aromatic carbocycles. The van der Waals surface area contributed by atoms with Gasteiger partial charge in [0.25, 0.3) is 0 Å². The number of anilines is 2. The molecule has 0 saturated heterocycles. The molecule has 0 unspecified atom stereocenters. The van der Waals surface area contributed by atoms with E-state index in [1.165, 1.54) is 12.8 Å². The number of nitrogens with zero attached hydrogens (tertiary/aromatic N) is 3. The van der Waals surface area contributed by atoms with Gasteiger partial charge < -0.3 is 11.5 Å². The Labute approximate surface area is 80.3 Å². The lowest BCUT2D eigenvalue weighted by Gasteiger charge is -1.99. The normalized spacial score (nSPS) is 16.0. The van der Waals surface area contributed by atoms with Gasteiger partial charge in [-0.25, -0.2) is 0 Å². The molecule has 0 radical (unpaired) electrons. The minimum atomic E-state index is 0.200. The van der Waals surface area contributed by atoms with E-state index in [0.29, 0.717) is 5.16 Å². The number of hydrogen-bond donors (Lipinski definition) is 2. The van der Waals surface area contributed by atoms with Crippen molar-refractivity contribution in [1.82, 2.24) is 15.0 Å². The Morgan fingerprint density at radius 1 is 1.15 bits per heavy atom. The number of thioether (sulfide) groups is 1. The molecule has 1 aliphatic carbocycles. The SMILES string of the molecule is Nc1nc(N)nc(SCC2CC2)n1. The molecule has 0 aliphatic heterocycles. The van der Waals surface area contributed by atoms with Gasteiger partial charge in [0.1, 0.15) is 0 Å². The first-order chi connectivity index (χ1) is 6.24. The van der Waals surface area contributed by atoms with E-state index in [2.05, 4.69) is 15.0 Å². The number of nitrogens with two attached hydrogens (primary N) is 2. The molecule has 6 heteroatoms. The predicted molar refractivity (Wildman–Crippen MR) is 52.1 cm³/mol. The molecule has 0 spiro atoms. The molecular formula is C7H11N5S. The van der Waals surface area contributed by atoms with Gasteiger partial charge in [0.15, 0.2) is 5.16 Å². The van der Waals surface area contributed by atoms with Crippen molar-refractivity contribution in [1.29, 1.82) is 0 Å². The lowest BCUT2D eigenvalue weighted by Crippen LogP contribution is -2.04. The first-order valence-corrected chi connectivity index (χ1v) is 5.12. The Balaban J connectivity index is 2.01. The second-order valence-electron chi connectivity index (χ2n) is 3.09. The standard InChI is InChI=1S/C7H11N5S/c8-5-10-6(9)12-7(11-5)13-3-4-1-2-4/h4H,1-3H2,(H4,8,9,10,11,12). The second kappa shape index (κ2) is 3.37. The maximum absolute atomic E-state index is 5.43. The highest BCUT2D eigenvalue weighted by molar-refractivity contribution is 7.99. The quantitative estimate of drug-likeness (QED) is 0.687. The summed E-state index contributed by atoms with van der Waals surface area (Å²) in [7, 11) is 0. The second-order valence-corrected chi connectivity index (χ2v) is 4.08. The van der Waals surface area contributed by atoms with Crippen LogP contribution in [0.2, 0.25) is 0 Å². The van der Waals surface area contributed by atoms with Crippen molar-refractivity contribution in [2.75, 3.05) is 17.2 Å². The van der Waals surface area contributed by atoms with Crippen LogP contribution in [0.4, 0.5) is 11.9 Å². The van der Waals surface area contributed by atoms with Gasteiger partial charge in [0, 0.05) is 5.75 Å². The zero-order valence-electron chi connectivity index (χ0n) is 7.10. The molecule has 1 aliphatic rings. The molecule has 1 fully saturated rings. The Kier molecular flexibility index (Phi) is 2.22. The molecule has 0 bridgehead atoms. The third kappa shape index (κ3) is 2.45. The zero-order chi connectivity index (χ0) is 9.26. The fraction of sp³-hybridized carbons (Fsp3) is 0.571. The number of hydrogen-bond acceptors (Lipinski definition) is 6. The van der Waals surface area contributed by atoms with E-state index in [9.17, 15) is 0 Å². The van der Waals surface area contributed by atoms with Crippen molar-refractivity contribution in [3.05, 3.63) is 0 Å². The van der Waals surface area contributed by atoms with E-state index in [4.69, 9.17) is 11.5 Å². The summed E-state index contributed by atoms with van der Waals surface area (Å²) in [5.74, 6) is 2.30. The Hall–Kier alpha value is -1.04. The number of rotatable bonds is 3. The van der Waals surface area contributed by atoms with Gasteiger partial charge >= 0.3 is 0 Å². The molecule has 0 atom stereocenters. The van der Waals surface area contributed by atoms with Crippen molar-refractivity contribution < 1.29 is 0 Å². The Morgan fingerprint density at radius 3 is 2.31 bits per heavy atom. The van der Waals surface area contributed by atoms with E-state index in [1.54, 1.807) is 11.8 Å². The molecular weight excluding hydrogens is 186 g/mol. The summed E-state index contributed by atoms with van der Waals surface area (Å²) in [6.45, 7) is 0. The minimum absolute atomic E-state index is 0.200. The van der Waals surface area contributed by atoms with Crippen LogP contribution in [0, 0.1) is 5.92 Å². The largest absolute Gasteiger partial charge is 0.368 e. The molecule has 2 rings (SSSR count). The van der Waals surface area contributed by atoms with Crippen LogP contribution in [0.1, 0.15) is 12.8 Å². The summed E-state index contributed by atoms with van der Waals surface area (Å²) >= 11 is 1.60. The Bertz CT molecular complexity index is 292. The fourth-order valence-electron chi connectivity index (χ4n) is 0.930. The van der Waals surface area contributed by atoms with Crippen molar-refractivity contribution in [3.8, 4) is 0 Å². The molecule has 1 aromatic rings. The zero-order valence-corrected chi connectivity index (χ0v) is 7.92. The van der Waals surface area contributed by atoms with Crippen LogP contribution in [0.25, 0.3) is 0 Å². The third-order valence-corrected chi connectivity index (χ3v) is 2.87. The van der Waals surface area contributed by atoms with Crippen LogP contribution in [0.3, 0.4) is 0 Å². The highest BCUT2D eigenvalue weighted by Crippen LogP contribution is 2.34. The first-order valence-electron chi connectivity index (χ1n) is 4.14. The summed E-state index contributed by atoms with van der Waals surface area (Å²) < 4.78 is 0. The van der Waals surface area contributed by atoms with Crippen LogP contribution in [0.5, 0.6) is 0 Å². The maximum Gasteiger partial charge on any atom is 0.225 e. The summed E-state index contributed by atoms with van der Waals surface area (Å²) in [5, 5.41) is 0.636. The highest BCUT2D eigenvalue weighted by atomic mass is 32.2. The lowest BCUT2D eigenvalue weighted by atomic mass is 10.5. The van der Waals surface area contributed by atoms with Gasteiger partial charge in [0.2, 0.25) is 11.9 Å². The topological polar surface area (TPSA) is 90.7 Å². The molecule has 13 heavy (non-hydrogen) atoms. The highest BCUT2D eigenvalue weighted by Gasteiger charge is 2.21. The fourth-order valence-corrected chi connectivity index (χ4v) is 1.96. The van der Waals surface area contributed by atoms with Crippen molar-refractivity contribution in [2.24, 2.45) is 5.92 Å². The minimum Gasteiger partial charge on any atom is -0.368 e. The monoisotopic (exact) mass is 197 g/mol. The van der Waals surface area contributed by atoms with Crippen LogP contribution < -0.4 is 11.5 Å². The third-order valence-electron chi connectivity index (χ3n) is 1.79. The van der Waals surface area contributed by atoms with Gasteiger partial charge in [-0.2, -0.15) is 15.0 Å². The average molecular weight is 197 g/mol. The van der Waals surface area contributed by atoms with Gasteiger partial charge in [-0.15, -0.1) is 0 Å². The van der Waals surface area contributed by atoms with E-state index >= 15 is 0 Å². The van der Waals surface area contributed by atoms with Gasteiger partial charge in [0.05, 0.1) is 0 Å². The summed E-state index contributed by atoms with van der Waals surface area (Å²) in [4.78, 5) is 11.6. The number of nitrogen functional groups attached to an aromatic ring is 2. The Morgan fingerprint density at radius 2 is 1.77 bits per heavy atom. The first kappa shape index (κ1) is 8.55. The van der Waals surface area contributed by atoms with Crippen LogP contribution in [-0.4, -0.2) is 20.7 Å². The predicted octanol–water partition coefficient (Wildman–Crippen LogP) is 0.538. The van der Waals surface area contributed by atoms with Gasteiger partial charge in [-0.1, -0.05) is 11.8 Å². The van der Waals surface area contributed by atoms with Crippen molar-refractivity contribution in [3.63, 3.8) is 0 Å². The van der Waals surface area contributed by atoms with E-state index in [0.717, 1.165) is 11.7 Å². The van der Waals surface area contributed by atoms with E-state index in [-0.39, 0.29) is 11.9 Å². The van der Waals surface area contributed by atoms with Gasteiger partial charge in [-0.05, 0) is 18.8 Å². The number of aromatic nitrogens is 3. The smallest absolute Gasteiger partial charge is 0.225 e. The van der Waals surface area contributed by atoms with E-state index < -0.39 is 0 Å². The molecule has 1 aromatic heterocycles. The average Bonchev–Trinajstić information content (AvgIpc) is 2.81. The van der Waals surface area contributed by atoms with Crippen molar-refractivity contribution in [2.45, 2.75) is 18.0 Å². The van der Waals surface area contributed by atoms with Gasteiger partial charge in [-0.3, -0.25) is 0 Å². The lowest BCUT2D eigenvalue weighted by molar-refractivity contribution is 0.918. The van der Waals surface area contributed by atoms with Crippen molar-refractivity contribution >= 4 is 23.7 Å².